The maximum atomic E-state index is 12.9. The maximum absolute atomic E-state index is 12.9. The van der Waals surface area contributed by atoms with Gasteiger partial charge in [0.15, 0.2) is 5.78 Å². The van der Waals surface area contributed by atoms with Crippen LogP contribution in [0.15, 0.2) is 65.1 Å². The zero-order valence-electron chi connectivity index (χ0n) is 10.9. The van der Waals surface area contributed by atoms with Gasteiger partial charge in [-0.2, -0.15) is 0 Å². The first-order valence-corrected chi connectivity index (χ1v) is 8.32. The molecule has 1 aliphatic heterocycles. The minimum absolute atomic E-state index is 0.0156. The molecule has 0 radical (unpaired) electrons. The Morgan fingerprint density at radius 2 is 1.52 bits per heavy atom. The van der Waals surface area contributed by atoms with Crippen LogP contribution < -0.4 is 0 Å². The number of hydrogen-bond donors (Lipinski definition) is 0. The van der Waals surface area contributed by atoms with Gasteiger partial charge >= 0.3 is 0 Å². The smallest absolute Gasteiger partial charge is 0.208 e. The van der Waals surface area contributed by atoms with Crippen molar-refractivity contribution >= 4 is 32.1 Å². The van der Waals surface area contributed by atoms with Crippen LogP contribution in [0.5, 0.6) is 0 Å². The predicted molar refractivity (Wildman–Crippen MR) is 82.0 cm³/mol. The average molecular weight is 319 g/mol. The molecule has 0 bridgehead atoms. The van der Waals surface area contributed by atoms with Gasteiger partial charge in [-0.05, 0) is 17.7 Å². The number of Topliss-reactive ketones (excluding diaryl/α,β-unsaturated/α-hetero) is 1. The summed E-state index contributed by atoms with van der Waals surface area (Å²) in [6.07, 6.45) is 0. The molecule has 0 unspecified atom stereocenters. The van der Waals surface area contributed by atoms with Gasteiger partial charge in [0, 0.05) is 11.1 Å². The maximum Gasteiger partial charge on any atom is 0.208 e. The molecule has 0 atom stereocenters. The molecular formula is C16H11ClO3S. The van der Waals surface area contributed by atoms with E-state index in [9.17, 15) is 13.2 Å². The zero-order chi connectivity index (χ0) is 15.0. The number of benzene rings is 2. The Morgan fingerprint density at radius 3 is 2.19 bits per heavy atom. The van der Waals surface area contributed by atoms with E-state index in [2.05, 4.69) is 0 Å². The zero-order valence-corrected chi connectivity index (χ0v) is 12.5. The highest BCUT2D eigenvalue weighted by molar-refractivity contribution is 8.01. The Balaban J connectivity index is 2.39. The van der Waals surface area contributed by atoms with E-state index in [1.807, 2.05) is 0 Å². The molecule has 0 saturated carbocycles. The van der Waals surface area contributed by atoms with Gasteiger partial charge < -0.3 is 0 Å². The highest BCUT2D eigenvalue weighted by atomic mass is 35.5. The van der Waals surface area contributed by atoms with Crippen molar-refractivity contribution < 1.29 is 13.2 Å². The Morgan fingerprint density at radius 1 is 0.905 bits per heavy atom. The lowest BCUT2D eigenvalue weighted by Crippen LogP contribution is -2.22. The quantitative estimate of drug-likeness (QED) is 0.798. The van der Waals surface area contributed by atoms with Gasteiger partial charge in [0.25, 0.3) is 0 Å². The van der Waals surface area contributed by atoms with Crippen molar-refractivity contribution in [1.82, 2.24) is 0 Å². The minimum atomic E-state index is -3.76. The predicted octanol–water partition coefficient (Wildman–Crippen LogP) is 3.31. The first-order valence-electron chi connectivity index (χ1n) is 6.30. The number of ketones is 1. The standard InChI is InChI=1S/C16H11ClO3S/c17-10-13-15(18)12-8-4-5-9-14(12)21(19,20)16(13)11-6-2-1-3-7-11/h1-9H,10H2. The SMILES string of the molecule is O=C1C(CCl)=C(c2ccccc2)S(=O)(=O)c2ccccc21. The molecule has 106 valence electrons. The highest BCUT2D eigenvalue weighted by Crippen LogP contribution is 2.38. The Hall–Kier alpha value is -1.91. The number of alkyl halides is 1. The number of allylic oxidation sites excluding steroid dienone is 1. The monoisotopic (exact) mass is 318 g/mol. The number of sulfone groups is 1. The molecule has 0 aliphatic carbocycles. The lowest BCUT2D eigenvalue weighted by Gasteiger charge is -2.21. The van der Waals surface area contributed by atoms with Crippen molar-refractivity contribution in [3.05, 3.63) is 71.3 Å². The summed E-state index contributed by atoms with van der Waals surface area (Å²) in [5.74, 6) is -0.467. The number of carbonyl (C=O) groups excluding carboxylic acids is 1. The van der Waals surface area contributed by atoms with E-state index >= 15 is 0 Å². The van der Waals surface area contributed by atoms with E-state index in [0.29, 0.717) is 5.56 Å². The van der Waals surface area contributed by atoms with Crippen LogP contribution in [0.1, 0.15) is 15.9 Å². The Labute approximate surface area is 127 Å². The third-order valence-electron chi connectivity index (χ3n) is 3.41. The lowest BCUT2D eigenvalue weighted by atomic mass is 10.0. The molecule has 3 nitrogen and oxygen atoms in total. The molecule has 3 rings (SSSR count). The number of rotatable bonds is 2. The first kappa shape index (κ1) is 14.0. The second-order valence-corrected chi connectivity index (χ2v) is 6.76. The second-order valence-electron chi connectivity index (χ2n) is 4.64. The summed E-state index contributed by atoms with van der Waals surface area (Å²) in [5, 5.41) is 0. The largest absolute Gasteiger partial charge is 0.289 e. The van der Waals surface area contributed by atoms with Crippen LogP contribution in [-0.4, -0.2) is 20.1 Å². The summed E-state index contributed by atoms with van der Waals surface area (Å²) < 4.78 is 25.7. The van der Waals surface area contributed by atoms with Gasteiger partial charge in [-0.1, -0.05) is 42.5 Å². The highest BCUT2D eigenvalue weighted by Gasteiger charge is 2.36. The molecule has 0 N–H and O–H groups in total. The third kappa shape index (κ3) is 2.11. The van der Waals surface area contributed by atoms with Crippen LogP contribution in [0.4, 0.5) is 0 Å². The molecule has 1 heterocycles. The molecular weight excluding hydrogens is 308 g/mol. The molecule has 1 aliphatic rings. The van der Waals surface area contributed by atoms with Gasteiger partial charge in [-0.15, -0.1) is 11.6 Å². The van der Waals surface area contributed by atoms with Gasteiger partial charge in [0.2, 0.25) is 9.84 Å². The van der Waals surface area contributed by atoms with Crippen LogP contribution in [0.25, 0.3) is 4.91 Å². The van der Waals surface area contributed by atoms with Crippen LogP contribution in [0.3, 0.4) is 0 Å². The summed E-state index contributed by atoms with van der Waals surface area (Å²) in [6.45, 7) is 0. The van der Waals surface area contributed by atoms with Crippen LogP contribution in [0.2, 0.25) is 0 Å². The molecule has 2 aromatic carbocycles. The molecule has 5 heteroatoms. The van der Waals surface area contributed by atoms with Crippen molar-refractivity contribution in [3.63, 3.8) is 0 Å². The second kappa shape index (κ2) is 5.13. The number of halogens is 1. The summed E-state index contributed by atoms with van der Waals surface area (Å²) in [4.78, 5) is 12.6. The summed E-state index contributed by atoms with van der Waals surface area (Å²) in [6, 6.07) is 14.8. The van der Waals surface area contributed by atoms with Gasteiger partial charge in [0.05, 0.1) is 15.7 Å². The van der Waals surface area contributed by atoms with E-state index in [-0.39, 0.29) is 32.6 Å². The molecule has 0 amide bonds. The van der Waals surface area contributed by atoms with Crippen LogP contribution >= 0.6 is 11.6 Å². The van der Waals surface area contributed by atoms with E-state index in [1.54, 1.807) is 42.5 Å². The molecule has 2 aromatic rings. The van der Waals surface area contributed by atoms with Crippen LogP contribution in [-0.2, 0) is 9.84 Å². The normalized spacial score (nSPS) is 16.7. The molecule has 21 heavy (non-hydrogen) atoms. The van der Waals surface area contributed by atoms with Crippen molar-refractivity contribution in [1.29, 1.82) is 0 Å². The fraction of sp³-hybridized carbons (Fsp3) is 0.0625. The molecule has 0 aromatic heterocycles. The topological polar surface area (TPSA) is 51.2 Å². The van der Waals surface area contributed by atoms with Crippen molar-refractivity contribution in [2.75, 3.05) is 5.88 Å². The van der Waals surface area contributed by atoms with Crippen molar-refractivity contribution in [3.8, 4) is 0 Å². The van der Waals surface area contributed by atoms with Crippen LogP contribution in [0, 0.1) is 0 Å². The molecule has 0 saturated heterocycles. The Kier molecular flexibility index (Phi) is 3.43. The molecule has 0 fully saturated rings. The minimum Gasteiger partial charge on any atom is -0.289 e. The average Bonchev–Trinajstić information content (AvgIpc) is 2.51. The van der Waals surface area contributed by atoms with E-state index < -0.39 is 9.84 Å². The van der Waals surface area contributed by atoms with Crippen molar-refractivity contribution in [2.24, 2.45) is 0 Å². The van der Waals surface area contributed by atoms with Gasteiger partial charge in [-0.3, -0.25) is 4.79 Å². The number of hydrogen-bond acceptors (Lipinski definition) is 3. The van der Waals surface area contributed by atoms with Gasteiger partial charge in [-0.25, -0.2) is 8.42 Å². The molecule has 0 spiro atoms. The first-order chi connectivity index (χ1) is 10.1. The number of fused-ring (bicyclic) bond motifs is 1. The van der Waals surface area contributed by atoms with E-state index in [1.165, 1.54) is 12.1 Å². The summed E-state index contributed by atoms with van der Waals surface area (Å²) in [7, 11) is -3.76. The fourth-order valence-corrected chi connectivity index (χ4v) is 4.66. The lowest BCUT2D eigenvalue weighted by molar-refractivity contribution is 0.103. The number of carbonyl (C=O) groups is 1. The fourth-order valence-electron chi connectivity index (χ4n) is 2.47. The summed E-state index contributed by atoms with van der Waals surface area (Å²) in [5.41, 5.74) is 0.797. The van der Waals surface area contributed by atoms with Crippen molar-refractivity contribution in [2.45, 2.75) is 4.90 Å². The third-order valence-corrected chi connectivity index (χ3v) is 5.63. The van der Waals surface area contributed by atoms with Gasteiger partial charge in [0.1, 0.15) is 0 Å². The van der Waals surface area contributed by atoms with E-state index in [4.69, 9.17) is 11.6 Å². The Bertz CT molecular complexity index is 852. The van der Waals surface area contributed by atoms with E-state index in [0.717, 1.165) is 0 Å². The summed E-state index contributed by atoms with van der Waals surface area (Å²) >= 11 is 5.87.